The van der Waals surface area contributed by atoms with Gasteiger partial charge in [0.25, 0.3) is 5.91 Å². The summed E-state index contributed by atoms with van der Waals surface area (Å²) in [7, 11) is 0. The number of rotatable bonds is 4. The quantitative estimate of drug-likeness (QED) is 0.923. The minimum absolute atomic E-state index is 0.0938. The van der Waals surface area contributed by atoms with E-state index in [4.69, 9.17) is 5.11 Å². The van der Waals surface area contributed by atoms with Gasteiger partial charge in [-0.25, -0.2) is 0 Å². The van der Waals surface area contributed by atoms with Crippen LogP contribution in [0.5, 0.6) is 0 Å². The Morgan fingerprint density at radius 2 is 2.32 bits per heavy atom. The Labute approximate surface area is 114 Å². The van der Waals surface area contributed by atoms with Crippen molar-refractivity contribution >= 4 is 23.3 Å². The summed E-state index contributed by atoms with van der Waals surface area (Å²) in [4.78, 5) is 14.7. The lowest BCUT2D eigenvalue weighted by Crippen LogP contribution is -2.37. The van der Waals surface area contributed by atoms with Crippen LogP contribution in [0.1, 0.15) is 16.2 Å². The molecule has 3 nitrogen and oxygen atoms in total. The van der Waals surface area contributed by atoms with E-state index in [9.17, 15) is 13.6 Å². The first-order valence-corrected chi connectivity index (χ1v) is 6.78. The lowest BCUT2D eigenvalue weighted by molar-refractivity contribution is -0.147. The Morgan fingerprint density at radius 3 is 2.89 bits per heavy atom. The van der Waals surface area contributed by atoms with Crippen molar-refractivity contribution in [1.29, 1.82) is 0 Å². The average Bonchev–Trinajstić information content (AvgIpc) is 2.85. The molecular weight excluding hydrogens is 272 g/mol. The normalized spacial score (nSPS) is 22.6. The first-order chi connectivity index (χ1) is 8.94. The molecule has 0 spiro atoms. The van der Waals surface area contributed by atoms with E-state index < -0.39 is 30.9 Å². The molecule has 0 saturated carbocycles. The number of hydrogen-bond acceptors (Lipinski definition) is 3. The fourth-order valence-corrected chi connectivity index (χ4v) is 2.90. The molecule has 1 atom stereocenters. The summed E-state index contributed by atoms with van der Waals surface area (Å²) in [6, 6.07) is 3.11. The lowest BCUT2D eigenvalue weighted by atomic mass is 10.2. The number of aliphatic hydroxyl groups excluding tert-OH is 1. The van der Waals surface area contributed by atoms with E-state index in [1.165, 1.54) is 0 Å². The summed E-state index contributed by atoms with van der Waals surface area (Å²) in [5.74, 6) is -4.54. The van der Waals surface area contributed by atoms with E-state index in [0.29, 0.717) is 0 Å². The van der Waals surface area contributed by atoms with E-state index in [2.05, 4.69) is 0 Å². The van der Waals surface area contributed by atoms with E-state index in [0.717, 1.165) is 14.7 Å². The van der Waals surface area contributed by atoms with E-state index in [1.807, 2.05) is 19.1 Å². The molecule has 19 heavy (non-hydrogen) atoms. The second-order valence-electron chi connectivity index (χ2n) is 4.55. The van der Waals surface area contributed by atoms with E-state index in [-0.39, 0.29) is 6.54 Å². The molecule has 1 aromatic heterocycles. The van der Waals surface area contributed by atoms with Crippen LogP contribution in [0, 0.1) is 6.92 Å². The Morgan fingerprint density at radius 1 is 1.58 bits per heavy atom. The van der Waals surface area contributed by atoms with Crippen LogP contribution in [0.25, 0.3) is 6.08 Å². The topological polar surface area (TPSA) is 40.5 Å². The van der Waals surface area contributed by atoms with Gasteiger partial charge in [0.2, 0.25) is 0 Å². The van der Waals surface area contributed by atoms with Crippen molar-refractivity contribution in [2.75, 3.05) is 13.2 Å². The molecule has 6 heteroatoms. The standard InChI is InChI=1S/C13H15F2NO2S/c1-9-4-5-11(19-9)3-2-6-16-10(8-17)7-13(14,15)12(16)18/h2-5,10,17H,6-8H2,1H3/b3-2-. The molecule has 1 fully saturated rings. The monoisotopic (exact) mass is 287 g/mol. The second-order valence-corrected chi connectivity index (χ2v) is 5.87. The van der Waals surface area contributed by atoms with E-state index in [1.54, 1.807) is 23.5 Å². The van der Waals surface area contributed by atoms with Crippen LogP contribution >= 0.6 is 11.3 Å². The summed E-state index contributed by atoms with van der Waals surface area (Å²) in [5.41, 5.74) is 0. The molecule has 1 aliphatic heterocycles. The summed E-state index contributed by atoms with van der Waals surface area (Å²) in [6.07, 6.45) is 2.87. The Kier molecular flexibility index (Phi) is 4.01. The second kappa shape index (κ2) is 5.38. The number of amides is 1. The summed E-state index contributed by atoms with van der Waals surface area (Å²) in [5, 5.41) is 9.06. The average molecular weight is 287 g/mol. The molecule has 2 heterocycles. The molecular formula is C13H15F2NO2S. The molecule has 1 aromatic rings. The van der Waals surface area contributed by atoms with Gasteiger partial charge in [-0.3, -0.25) is 4.79 Å². The van der Waals surface area contributed by atoms with E-state index >= 15 is 0 Å². The largest absolute Gasteiger partial charge is 0.394 e. The highest BCUT2D eigenvalue weighted by Crippen LogP contribution is 2.33. The fourth-order valence-electron chi connectivity index (χ4n) is 2.09. The minimum Gasteiger partial charge on any atom is -0.394 e. The molecule has 1 saturated heterocycles. The minimum atomic E-state index is -3.35. The number of halogens is 2. The molecule has 1 N–H and O–H groups in total. The number of alkyl halides is 2. The zero-order chi connectivity index (χ0) is 14.0. The highest BCUT2D eigenvalue weighted by atomic mass is 32.1. The number of nitrogens with zero attached hydrogens (tertiary/aromatic N) is 1. The van der Waals surface area contributed by atoms with Gasteiger partial charge in [0.1, 0.15) is 0 Å². The van der Waals surface area contributed by atoms with Crippen LogP contribution in [0.3, 0.4) is 0 Å². The molecule has 2 rings (SSSR count). The Balaban J connectivity index is 2.02. The fraction of sp³-hybridized carbons (Fsp3) is 0.462. The van der Waals surface area contributed by atoms with Crippen molar-refractivity contribution in [3.8, 4) is 0 Å². The van der Waals surface area contributed by atoms with Gasteiger partial charge in [0.05, 0.1) is 12.6 Å². The highest BCUT2D eigenvalue weighted by molar-refractivity contribution is 7.12. The number of hydrogen-bond donors (Lipinski definition) is 1. The SMILES string of the molecule is Cc1ccc(/C=C\CN2C(=O)C(F)(F)CC2CO)s1. The van der Waals surface area contributed by atoms with Crippen molar-refractivity contribution in [3.63, 3.8) is 0 Å². The molecule has 104 valence electrons. The van der Waals surface area contributed by atoms with Gasteiger partial charge in [-0.1, -0.05) is 6.08 Å². The van der Waals surface area contributed by atoms with Crippen LogP contribution in [0.15, 0.2) is 18.2 Å². The number of thiophene rings is 1. The predicted octanol–water partition coefficient (Wildman–Crippen LogP) is 2.30. The van der Waals surface area contributed by atoms with Gasteiger partial charge in [-0.15, -0.1) is 11.3 Å². The molecule has 1 amide bonds. The van der Waals surface area contributed by atoms with Crippen LogP contribution < -0.4 is 0 Å². The predicted molar refractivity (Wildman–Crippen MR) is 70.2 cm³/mol. The molecule has 0 bridgehead atoms. The number of likely N-dealkylation sites (tertiary alicyclic amines) is 1. The van der Waals surface area contributed by atoms with Crippen molar-refractivity contribution in [2.45, 2.75) is 25.3 Å². The molecule has 0 aliphatic carbocycles. The molecule has 1 unspecified atom stereocenters. The van der Waals surface area contributed by atoms with Crippen LogP contribution in [0.2, 0.25) is 0 Å². The Bertz CT molecular complexity index is 499. The number of aliphatic hydroxyl groups is 1. The van der Waals surface area contributed by atoms with Gasteiger partial charge in [0.15, 0.2) is 0 Å². The van der Waals surface area contributed by atoms with Crippen molar-refractivity contribution in [3.05, 3.63) is 28.0 Å². The van der Waals surface area contributed by atoms with Crippen LogP contribution in [-0.2, 0) is 4.79 Å². The number of carbonyl (C=O) groups excluding carboxylic acids is 1. The molecule has 1 aliphatic rings. The van der Waals surface area contributed by atoms with Crippen LogP contribution in [-0.4, -0.2) is 41.0 Å². The van der Waals surface area contributed by atoms with Gasteiger partial charge < -0.3 is 10.0 Å². The molecule has 0 radical (unpaired) electrons. The summed E-state index contributed by atoms with van der Waals surface area (Å²) < 4.78 is 26.5. The maximum Gasteiger partial charge on any atom is 0.326 e. The maximum absolute atomic E-state index is 13.3. The third-order valence-electron chi connectivity index (χ3n) is 3.06. The number of aryl methyl sites for hydroxylation is 1. The van der Waals surface area contributed by atoms with Gasteiger partial charge in [-0.05, 0) is 25.1 Å². The Hall–Kier alpha value is -1.27. The van der Waals surface area contributed by atoms with Gasteiger partial charge in [0, 0.05) is 22.7 Å². The number of carbonyl (C=O) groups is 1. The first kappa shape index (κ1) is 14.1. The summed E-state index contributed by atoms with van der Waals surface area (Å²) in [6.45, 7) is 1.64. The maximum atomic E-state index is 13.3. The zero-order valence-corrected chi connectivity index (χ0v) is 11.3. The first-order valence-electron chi connectivity index (χ1n) is 5.97. The van der Waals surface area contributed by atoms with Gasteiger partial charge >= 0.3 is 5.92 Å². The lowest BCUT2D eigenvalue weighted by Gasteiger charge is -2.20. The van der Waals surface area contributed by atoms with Crippen molar-refractivity contribution < 1.29 is 18.7 Å². The third kappa shape index (κ3) is 3.01. The zero-order valence-electron chi connectivity index (χ0n) is 10.5. The highest BCUT2D eigenvalue weighted by Gasteiger charge is 2.52. The smallest absolute Gasteiger partial charge is 0.326 e. The van der Waals surface area contributed by atoms with Gasteiger partial charge in [-0.2, -0.15) is 8.78 Å². The van der Waals surface area contributed by atoms with Crippen molar-refractivity contribution in [1.82, 2.24) is 4.90 Å². The molecule has 0 aromatic carbocycles. The van der Waals surface area contributed by atoms with Crippen molar-refractivity contribution in [2.24, 2.45) is 0 Å². The third-order valence-corrected chi connectivity index (χ3v) is 4.03. The van der Waals surface area contributed by atoms with Crippen LogP contribution in [0.4, 0.5) is 8.78 Å². The summed E-state index contributed by atoms with van der Waals surface area (Å²) >= 11 is 1.59.